The summed E-state index contributed by atoms with van der Waals surface area (Å²) in [5.41, 5.74) is 1.73. The zero-order valence-electron chi connectivity index (χ0n) is 14.9. The Labute approximate surface area is 153 Å². The Balaban J connectivity index is 1.72. The highest BCUT2D eigenvalue weighted by molar-refractivity contribution is 5.75. The van der Waals surface area contributed by atoms with Crippen molar-refractivity contribution >= 4 is 6.03 Å². The Kier molecular flexibility index (Phi) is 6.17. The van der Waals surface area contributed by atoms with Crippen molar-refractivity contribution < 1.29 is 13.9 Å². The summed E-state index contributed by atoms with van der Waals surface area (Å²) in [4.78, 5) is 18.5. The van der Waals surface area contributed by atoms with E-state index >= 15 is 0 Å². The molecule has 1 saturated heterocycles. The number of halogens is 1. The second-order valence-corrected chi connectivity index (χ2v) is 6.65. The maximum atomic E-state index is 13.3. The molecule has 0 aliphatic carbocycles. The maximum Gasteiger partial charge on any atom is 0.317 e. The summed E-state index contributed by atoms with van der Waals surface area (Å²) < 4.78 is 18.7. The minimum absolute atomic E-state index is 0.150. The van der Waals surface area contributed by atoms with E-state index < -0.39 is 0 Å². The van der Waals surface area contributed by atoms with Gasteiger partial charge in [0.2, 0.25) is 0 Å². The zero-order chi connectivity index (χ0) is 18.4. The lowest BCUT2D eigenvalue weighted by atomic mass is 9.99. The number of aromatic nitrogens is 1. The molecule has 2 amide bonds. The lowest BCUT2D eigenvalue weighted by molar-refractivity contribution is 0.0585. The van der Waals surface area contributed by atoms with Crippen LogP contribution in [0.3, 0.4) is 0 Å². The Bertz CT molecular complexity index is 703. The van der Waals surface area contributed by atoms with Gasteiger partial charge < -0.3 is 15.0 Å². The van der Waals surface area contributed by atoms with Crippen molar-refractivity contribution in [2.24, 2.45) is 5.92 Å². The van der Waals surface area contributed by atoms with Crippen LogP contribution >= 0.6 is 0 Å². The third-order valence-corrected chi connectivity index (χ3v) is 4.73. The zero-order valence-corrected chi connectivity index (χ0v) is 14.9. The van der Waals surface area contributed by atoms with Crippen LogP contribution in [0.2, 0.25) is 0 Å². The number of hydrogen-bond acceptors (Lipinski definition) is 3. The third kappa shape index (κ3) is 4.79. The summed E-state index contributed by atoms with van der Waals surface area (Å²) in [6.07, 6.45) is 5.32. The van der Waals surface area contributed by atoms with Crippen molar-refractivity contribution in [3.05, 3.63) is 65.7 Å². The van der Waals surface area contributed by atoms with Crippen LogP contribution in [-0.2, 0) is 4.74 Å². The van der Waals surface area contributed by atoms with Gasteiger partial charge >= 0.3 is 6.03 Å². The number of carbonyl (C=O) groups is 1. The van der Waals surface area contributed by atoms with E-state index in [1.807, 2.05) is 12.1 Å². The minimum atomic E-state index is -0.358. The average molecular weight is 357 g/mol. The first-order chi connectivity index (χ1) is 12.6. The highest BCUT2D eigenvalue weighted by atomic mass is 19.1. The van der Waals surface area contributed by atoms with Gasteiger partial charge in [-0.3, -0.25) is 4.98 Å². The van der Waals surface area contributed by atoms with E-state index in [1.165, 1.54) is 12.1 Å². The number of carbonyl (C=O) groups excluding carboxylic acids is 1. The molecule has 1 aliphatic rings. The molecular weight excluding hydrogens is 333 g/mol. The van der Waals surface area contributed by atoms with E-state index in [0.717, 1.165) is 37.2 Å². The number of ether oxygens (including phenoxy) is 1. The molecular formula is C20H24FN3O2. The van der Waals surface area contributed by atoms with E-state index in [4.69, 9.17) is 4.74 Å². The summed E-state index contributed by atoms with van der Waals surface area (Å²) in [7, 11) is 1.80. The standard InChI is InChI=1S/C20H24FN3O2/c1-24(14-15-8-12-26-13-9-15)20(25)23-19(17-6-10-22-11-7-17)16-2-4-18(21)5-3-16/h2-7,10-11,15,19H,8-9,12-14H2,1H3,(H,23,25). The summed E-state index contributed by atoms with van der Waals surface area (Å²) in [5, 5.41) is 3.06. The van der Waals surface area contributed by atoms with Gasteiger partial charge in [-0.2, -0.15) is 0 Å². The minimum Gasteiger partial charge on any atom is -0.381 e. The summed E-state index contributed by atoms with van der Waals surface area (Å²) in [5.74, 6) is 0.162. The molecule has 138 valence electrons. The summed E-state index contributed by atoms with van der Waals surface area (Å²) in [6.45, 7) is 2.21. The van der Waals surface area contributed by atoms with Crippen molar-refractivity contribution in [1.82, 2.24) is 15.2 Å². The van der Waals surface area contributed by atoms with E-state index in [1.54, 1.807) is 36.5 Å². The van der Waals surface area contributed by atoms with Crippen molar-refractivity contribution in [1.29, 1.82) is 0 Å². The topological polar surface area (TPSA) is 54.5 Å². The number of nitrogens with one attached hydrogen (secondary N) is 1. The summed E-state index contributed by atoms with van der Waals surface area (Å²) >= 11 is 0. The fourth-order valence-corrected chi connectivity index (χ4v) is 3.20. The molecule has 5 nitrogen and oxygen atoms in total. The van der Waals surface area contributed by atoms with Gasteiger partial charge in [-0.25, -0.2) is 9.18 Å². The normalized spacial score (nSPS) is 16.1. The third-order valence-electron chi connectivity index (χ3n) is 4.73. The Morgan fingerprint density at radius 1 is 1.19 bits per heavy atom. The number of urea groups is 1. The van der Waals surface area contributed by atoms with Crippen molar-refractivity contribution in [2.75, 3.05) is 26.8 Å². The molecule has 6 heteroatoms. The van der Waals surface area contributed by atoms with Gasteiger partial charge in [0.05, 0.1) is 6.04 Å². The molecule has 26 heavy (non-hydrogen) atoms. The molecule has 1 aromatic carbocycles. The van der Waals surface area contributed by atoms with Crippen LogP contribution in [0.5, 0.6) is 0 Å². The fourth-order valence-electron chi connectivity index (χ4n) is 3.20. The molecule has 0 saturated carbocycles. The predicted molar refractivity (Wildman–Crippen MR) is 97.2 cm³/mol. The summed E-state index contributed by atoms with van der Waals surface area (Å²) in [6, 6.07) is 9.40. The van der Waals surface area contributed by atoms with Crippen LogP contribution in [0.4, 0.5) is 9.18 Å². The molecule has 0 spiro atoms. The molecule has 1 atom stereocenters. The van der Waals surface area contributed by atoms with Crippen molar-refractivity contribution in [2.45, 2.75) is 18.9 Å². The fraction of sp³-hybridized carbons (Fsp3) is 0.400. The number of nitrogens with zero attached hydrogens (tertiary/aromatic N) is 2. The number of rotatable bonds is 5. The number of amides is 2. The van der Waals surface area contributed by atoms with E-state index in [2.05, 4.69) is 10.3 Å². The van der Waals surface area contributed by atoms with E-state index in [-0.39, 0.29) is 17.9 Å². The first kappa shape index (κ1) is 18.3. The lowest BCUT2D eigenvalue weighted by Crippen LogP contribution is -2.42. The quantitative estimate of drug-likeness (QED) is 0.893. The van der Waals surface area contributed by atoms with E-state index in [9.17, 15) is 9.18 Å². The molecule has 0 radical (unpaired) electrons. The Hall–Kier alpha value is -2.47. The maximum absolute atomic E-state index is 13.3. The SMILES string of the molecule is CN(CC1CCOCC1)C(=O)NC(c1ccncc1)c1ccc(F)cc1. The molecule has 2 heterocycles. The molecule has 1 aliphatic heterocycles. The largest absolute Gasteiger partial charge is 0.381 e. The van der Waals surface area contributed by atoms with Gasteiger partial charge in [0.1, 0.15) is 5.82 Å². The van der Waals surface area contributed by atoms with Crippen LogP contribution in [-0.4, -0.2) is 42.7 Å². The first-order valence-electron chi connectivity index (χ1n) is 8.88. The molecule has 1 N–H and O–H groups in total. The Morgan fingerprint density at radius 3 is 2.46 bits per heavy atom. The highest BCUT2D eigenvalue weighted by Gasteiger charge is 2.22. The second-order valence-electron chi connectivity index (χ2n) is 6.65. The molecule has 3 rings (SSSR count). The highest BCUT2D eigenvalue weighted by Crippen LogP contribution is 2.23. The van der Waals surface area contributed by atoms with Crippen molar-refractivity contribution in [3.63, 3.8) is 0 Å². The molecule has 2 aromatic rings. The van der Waals surface area contributed by atoms with Gasteiger partial charge in [0, 0.05) is 39.2 Å². The lowest BCUT2D eigenvalue weighted by Gasteiger charge is -2.29. The molecule has 1 aromatic heterocycles. The number of hydrogen-bond donors (Lipinski definition) is 1. The molecule has 1 fully saturated rings. The van der Waals surface area contributed by atoms with Crippen LogP contribution < -0.4 is 5.32 Å². The van der Waals surface area contributed by atoms with Gasteiger partial charge in [-0.05, 0) is 54.2 Å². The smallest absolute Gasteiger partial charge is 0.317 e. The predicted octanol–water partition coefficient (Wildman–Crippen LogP) is 3.38. The van der Waals surface area contributed by atoms with Crippen LogP contribution in [0.15, 0.2) is 48.8 Å². The van der Waals surface area contributed by atoms with Crippen molar-refractivity contribution in [3.8, 4) is 0 Å². The van der Waals surface area contributed by atoms with Gasteiger partial charge in [-0.1, -0.05) is 12.1 Å². The molecule has 1 unspecified atom stereocenters. The first-order valence-corrected chi connectivity index (χ1v) is 8.88. The Morgan fingerprint density at radius 2 is 1.81 bits per heavy atom. The average Bonchev–Trinajstić information content (AvgIpc) is 2.68. The van der Waals surface area contributed by atoms with Gasteiger partial charge in [0.25, 0.3) is 0 Å². The number of pyridine rings is 1. The monoisotopic (exact) mass is 357 g/mol. The second kappa shape index (κ2) is 8.76. The molecule has 0 bridgehead atoms. The van der Waals surface area contributed by atoms with Gasteiger partial charge in [0.15, 0.2) is 0 Å². The van der Waals surface area contributed by atoms with Gasteiger partial charge in [-0.15, -0.1) is 0 Å². The van der Waals surface area contributed by atoms with Crippen LogP contribution in [0.25, 0.3) is 0 Å². The number of benzene rings is 1. The van der Waals surface area contributed by atoms with Crippen LogP contribution in [0, 0.1) is 11.7 Å². The van der Waals surface area contributed by atoms with E-state index in [0.29, 0.717) is 12.5 Å². The van der Waals surface area contributed by atoms with Crippen LogP contribution in [0.1, 0.15) is 30.0 Å².